The number of aryl methyl sites for hydroxylation is 2. The van der Waals surface area contributed by atoms with Crippen LogP contribution in [0.15, 0.2) is 0 Å². The van der Waals surface area contributed by atoms with Crippen LogP contribution in [0.1, 0.15) is 18.2 Å². The second-order valence-electron chi connectivity index (χ2n) is 3.25. The first-order chi connectivity index (χ1) is 6.06. The molecule has 0 aliphatic heterocycles. The van der Waals surface area contributed by atoms with Gasteiger partial charge in [0.15, 0.2) is 0 Å². The van der Waals surface area contributed by atoms with Crippen LogP contribution in [0.25, 0.3) is 0 Å². The smallest absolute Gasteiger partial charge is 0.130 e. The Bertz CT molecular complexity index is 295. The highest BCUT2D eigenvalue weighted by atomic mass is 35.5. The van der Waals surface area contributed by atoms with Gasteiger partial charge in [-0.2, -0.15) is 5.10 Å². The number of hydrogen-bond donors (Lipinski definition) is 2. The van der Waals surface area contributed by atoms with Gasteiger partial charge in [0.25, 0.3) is 0 Å². The second-order valence-corrected chi connectivity index (χ2v) is 3.61. The van der Waals surface area contributed by atoms with Crippen LogP contribution in [0.2, 0.25) is 5.15 Å². The average molecular weight is 203 g/mol. The third-order valence-corrected chi connectivity index (χ3v) is 2.54. The van der Waals surface area contributed by atoms with Crippen molar-refractivity contribution in [3.8, 4) is 0 Å². The van der Waals surface area contributed by atoms with E-state index < -0.39 is 0 Å². The normalized spacial score (nSPS) is 13.3. The first-order valence-corrected chi connectivity index (χ1v) is 4.58. The standard InChI is InChI=1S/C8H15ClN4/c1-5(11-10)4-7-6(2)12-13(3)8(7)9/h5,11H,4,10H2,1-3H3. The van der Waals surface area contributed by atoms with Gasteiger partial charge in [-0.1, -0.05) is 11.6 Å². The molecule has 0 saturated heterocycles. The summed E-state index contributed by atoms with van der Waals surface area (Å²) in [4.78, 5) is 0. The summed E-state index contributed by atoms with van der Waals surface area (Å²) < 4.78 is 1.68. The van der Waals surface area contributed by atoms with Crippen LogP contribution in [-0.4, -0.2) is 15.8 Å². The third-order valence-electron chi connectivity index (χ3n) is 2.06. The fourth-order valence-corrected chi connectivity index (χ4v) is 1.52. The fourth-order valence-electron chi connectivity index (χ4n) is 1.27. The summed E-state index contributed by atoms with van der Waals surface area (Å²) in [7, 11) is 1.83. The number of nitrogens with two attached hydrogens (primary N) is 1. The van der Waals surface area contributed by atoms with E-state index in [4.69, 9.17) is 17.4 Å². The van der Waals surface area contributed by atoms with Gasteiger partial charge >= 0.3 is 0 Å². The van der Waals surface area contributed by atoms with Crippen LogP contribution in [0, 0.1) is 6.92 Å². The Morgan fingerprint density at radius 2 is 2.31 bits per heavy atom. The van der Waals surface area contributed by atoms with Gasteiger partial charge in [-0.05, 0) is 20.3 Å². The maximum Gasteiger partial charge on any atom is 0.130 e. The van der Waals surface area contributed by atoms with Crippen molar-refractivity contribution in [3.63, 3.8) is 0 Å². The molecule has 13 heavy (non-hydrogen) atoms. The second kappa shape index (κ2) is 4.09. The van der Waals surface area contributed by atoms with E-state index in [1.54, 1.807) is 4.68 Å². The van der Waals surface area contributed by atoms with Crippen LogP contribution in [0.5, 0.6) is 0 Å². The predicted molar refractivity (Wildman–Crippen MR) is 53.4 cm³/mol. The van der Waals surface area contributed by atoms with Gasteiger partial charge in [0.05, 0.1) is 5.69 Å². The molecule has 0 spiro atoms. The molecule has 0 bridgehead atoms. The number of rotatable bonds is 3. The molecular weight excluding hydrogens is 188 g/mol. The summed E-state index contributed by atoms with van der Waals surface area (Å²) in [6.07, 6.45) is 0.801. The molecular formula is C8H15ClN4. The lowest BCUT2D eigenvalue weighted by atomic mass is 10.1. The van der Waals surface area contributed by atoms with Gasteiger partial charge in [0.2, 0.25) is 0 Å². The topological polar surface area (TPSA) is 55.9 Å². The van der Waals surface area contributed by atoms with Crippen molar-refractivity contribution in [2.45, 2.75) is 26.3 Å². The van der Waals surface area contributed by atoms with Crippen LogP contribution in [0.4, 0.5) is 0 Å². The van der Waals surface area contributed by atoms with Crippen molar-refractivity contribution >= 4 is 11.6 Å². The van der Waals surface area contributed by atoms with Crippen LogP contribution in [-0.2, 0) is 13.5 Å². The first-order valence-electron chi connectivity index (χ1n) is 4.20. The van der Waals surface area contributed by atoms with Crippen molar-refractivity contribution < 1.29 is 0 Å². The monoisotopic (exact) mass is 202 g/mol. The van der Waals surface area contributed by atoms with Crippen molar-refractivity contribution in [3.05, 3.63) is 16.4 Å². The van der Waals surface area contributed by atoms with Gasteiger partial charge in [0.1, 0.15) is 5.15 Å². The lowest BCUT2D eigenvalue weighted by Crippen LogP contribution is -2.34. The summed E-state index contributed by atoms with van der Waals surface area (Å²) >= 11 is 6.05. The van der Waals surface area contributed by atoms with E-state index >= 15 is 0 Å². The Labute approximate surface area is 83.0 Å². The quantitative estimate of drug-likeness (QED) is 0.563. The van der Waals surface area contributed by atoms with Crippen LogP contribution >= 0.6 is 11.6 Å². The maximum absolute atomic E-state index is 6.05. The molecule has 74 valence electrons. The predicted octanol–water partition coefficient (Wildman–Crippen LogP) is 0.776. The highest BCUT2D eigenvalue weighted by Crippen LogP contribution is 2.19. The summed E-state index contributed by atoms with van der Waals surface area (Å²) in [6.45, 7) is 3.95. The van der Waals surface area contributed by atoms with E-state index in [-0.39, 0.29) is 6.04 Å². The molecule has 1 aromatic rings. The highest BCUT2D eigenvalue weighted by Gasteiger charge is 2.13. The number of aromatic nitrogens is 2. The third kappa shape index (κ3) is 2.21. The molecule has 0 fully saturated rings. The first kappa shape index (κ1) is 10.5. The highest BCUT2D eigenvalue weighted by molar-refractivity contribution is 6.30. The van der Waals surface area contributed by atoms with Gasteiger partial charge < -0.3 is 0 Å². The molecule has 1 rings (SSSR count). The van der Waals surface area contributed by atoms with Crippen molar-refractivity contribution in [1.29, 1.82) is 0 Å². The molecule has 0 radical (unpaired) electrons. The Kier molecular flexibility index (Phi) is 3.30. The summed E-state index contributed by atoms with van der Waals surface area (Å²) in [6, 6.07) is 0.209. The van der Waals surface area contributed by atoms with E-state index in [0.717, 1.165) is 17.7 Å². The van der Waals surface area contributed by atoms with E-state index in [1.807, 2.05) is 20.9 Å². The van der Waals surface area contributed by atoms with E-state index in [1.165, 1.54) is 0 Å². The molecule has 0 aromatic carbocycles. The Balaban J connectivity index is 2.87. The van der Waals surface area contributed by atoms with E-state index in [9.17, 15) is 0 Å². The molecule has 3 N–H and O–H groups in total. The number of nitrogens with one attached hydrogen (secondary N) is 1. The molecule has 1 aromatic heterocycles. The molecule has 0 aliphatic carbocycles. The van der Waals surface area contributed by atoms with Gasteiger partial charge in [-0.15, -0.1) is 0 Å². The zero-order valence-electron chi connectivity index (χ0n) is 8.13. The Morgan fingerprint density at radius 3 is 2.69 bits per heavy atom. The molecule has 1 heterocycles. The SMILES string of the molecule is Cc1nn(C)c(Cl)c1CC(C)NN. The molecule has 4 nitrogen and oxygen atoms in total. The Hall–Kier alpha value is -0.580. The van der Waals surface area contributed by atoms with Crippen LogP contribution in [0.3, 0.4) is 0 Å². The summed E-state index contributed by atoms with van der Waals surface area (Å²) in [5.74, 6) is 5.31. The van der Waals surface area contributed by atoms with E-state index in [2.05, 4.69) is 10.5 Å². The average Bonchev–Trinajstić information content (AvgIpc) is 2.32. The summed E-state index contributed by atoms with van der Waals surface area (Å²) in [5.41, 5.74) is 4.71. The number of hydrogen-bond acceptors (Lipinski definition) is 3. The fraction of sp³-hybridized carbons (Fsp3) is 0.625. The molecule has 0 aliphatic rings. The maximum atomic E-state index is 6.05. The minimum Gasteiger partial charge on any atom is -0.271 e. The van der Waals surface area contributed by atoms with Gasteiger partial charge in [0, 0.05) is 18.7 Å². The molecule has 1 atom stereocenters. The molecule has 1 unspecified atom stereocenters. The van der Waals surface area contributed by atoms with Crippen molar-refractivity contribution in [2.24, 2.45) is 12.9 Å². The Morgan fingerprint density at radius 1 is 1.69 bits per heavy atom. The lowest BCUT2D eigenvalue weighted by Gasteiger charge is -2.08. The lowest BCUT2D eigenvalue weighted by molar-refractivity contribution is 0.566. The minimum absolute atomic E-state index is 0.209. The molecule has 0 amide bonds. The van der Waals surface area contributed by atoms with Crippen molar-refractivity contribution in [2.75, 3.05) is 0 Å². The minimum atomic E-state index is 0.209. The zero-order chi connectivity index (χ0) is 10.0. The number of nitrogens with zero attached hydrogens (tertiary/aromatic N) is 2. The molecule has 5 heteroatoms. The summed E-state index contributed by atoms with van der Waals surface area (Å²) in [5, 5.41) is 4.91. The van der Waals surface area contributed by atoms with E-state index in [0.29, 0.717) is 5.15 Å². The number of hydrazine groups is 1. The zero-order valence-corrected chi connectivity index (χ0v) is 8.89. The van der Waals surface area contributed by atoms with Crippen LogP contribution < -0.4 is 11.3 Å². The number of halogens is 1. The van der Waals surface area contributed by atoms with Gasteiger partial charge in [-0.3, -0.25) is 16.0 Å². The largest absolute Gasteiger partial charge is 0.271 e. The van der Waals surface area contributed by atoms with Gasteiger partial charge in [-0.25, -0.2) is 0 Å². The molecule has 0 saturated carbocycles. The van der Waals surface area contributed by atoms with Crippen molar-refractivity contribution in [1.82, 2.24) is 15.2 Å².